The Morgan fingerprint density at radius 3 is 2.50 bits per heavy atom. The summed E-state index contributed by atoms with van der Waals surface area (Å²) >= 11 is 1.66. The SMILES string of the molecule is CCc1nnc(C2CCN(S(=O)(=O)c3ccc(C)cc3C)CC2)s1. The molecule has 5 nitrogen and oxygen atoms in total. The van der Waals surface area contributed by atoms with E-state index in [-0.39, 0.29) is 0 Å². The van der Waals surface area contributed by atoms with Crippen LogP contribution in [0.15, 0.2) is 23.1 Å². The minimum absolute atomic E-state index is 0.327. The normalized spacial score (nSPS) is 17.3. The maximum absolute atomic E-state index is 12.9. The molecule has 0 saturated carbocycles. The Kier molecular flexibility index (Phi) is 5.03. The molecule has 0 unspecified atom stereocenters. The second-order valence-electron chi connectivity index (χ2n) is 6.33. The molecule has 24 heavy (non-hydrogen) atoms. The first-order valence-electron chi connectivity index (χ1n) is 8.31. The number of nitrogens with zero attached hydrogens (tertiary/aromatic N) is 3. The molecule has 0 spiro atoms. The van der Waals surface area contributed by atoms with E-state index in [4.69, 9.17) is 0 Å². The van der Waals surface area contributed by atoms with Crippen LogP contribution in [0.3, 0.4) is 0 Å². The van der Waals surface area contributed by atoms with Crippen LogP contribution in [0.25, 0.3) is 0 Å². The van der Waals surface area contributed by atoms with E-state index in [1.54, 1.807) is 21.7 Å². The molecular weight excluding hydrogens is 342 g/mol. The van der Waals surface area contributed by atoms with Gasteiger partial charge in [0.2, 0.25) is 10.0 Å². The summed E-state index contributed by atoms with van der Waals surface area (Å²) in [5.74, 6) is 0.327. The van der Waals surface area contributed by atoms with Gasteiger partial charge in [-0.15, -0.1) is 21.5 Å². The van der Waals surface area contributed by atoms with Gasteiger partial charge in [0.1, 0.15) is 10.0 Å². The first-order valence-corrected chi connectivity index (χ1v) is 10.6. The molecule has 130 valence electrons. The van der Waals surface area contributed by atoms with Crippen molar-refractivity contribution in [1.29, 1.82) is 0 Å². The van der Waals surface area contributed by atoms with Gasteiger partial charge < -0.3 is 0 Å². The summed E-state index contributed by atoms with van der Waals surface area (Å²) in [5.41, 5.74) is 1.89. The predicted molar refractivity (Wildman–Crippen MR) is 95.9 cm³/mol. The molecule has 1 aromatic carbocycles. The maximum Gasteiger partial charge on any atom is 0.243 e. The first-order chi connectivity index (χ1) is 11.4. The lowest BCUT2D eigenvalue weighted by Crippen LogP contribution is -2.38. The lowest BCUT2D eigenvalue weighted by atomic mass is 9.99. The topological polar surface area (TPSA) is 63.2 Å². The Morgan fingerprint density at radius 1 is 1.21 bits per heavy atom. The molecule has 0 amide bonds. The molecule has 1 aliphatic heterocycles. The van der Waals surface area contributed by atoms with Crippen molar-refractivity contribution in [2.75, 3.05) is 13.1 Å². The quantitative estimate of drug-likeness (QED) is 0.834. The standard InChI is InChI=1S/C17H23N3O2S2/c1-4-16-18-19-17(23-16)14-7-9-20(10-8-14)24(21,22)15-6-5-12(2)11-13(15)3/h5-6,11,14H,4,7-10H2,1-3H3. The second kappa shape index (κ2) is 6.90. The summed E-state index contributed by atoms with van der Waals surface area (Å²) in [7, 11) is -3.41. The van der Waals surface area contributed by atoms with Crippen molar-refractivity contribution in [3.05, 3.63) is 39.3 Å². The summed E-state index contributed by atoms with van der Waals surface area (Å²) in [6.07, 6.45) is 2.52. The maximum atomic E-state index is 12.9. The van der Waals surface area contributed by atoms with Crippen LogP contribution in [0, 0.1) is 13.8 Å². The Bertz CT molecular complexity index is 822. The highest BCUT2D eigenvalue weighted by atomic mass is 32.2. The molecule has 2 aromatic rings. The molecule has 0 bridgehead atoms. The molecule has 3 rings (SSSR count). The Morgan fingerprint density at radius 2 is 1.92 bits per heavy atom. The largest absolute Gasteiger partial charge is 0.243 e. The predicted octanol–water partition coefficient (Wildman–Crippen LogP) is 3.29. The van der Waals surface area contributed by atoms with Gasteiger partial charge in [-0.05, 0) is 44.7 Å². The van der Waals surface area contributed by atoms with E-state index < -0.39 is 10.0 Å². The smallest absolute Gasteiger partial charge is 0.207 e. The van der Waals surface area contributed by atoms with Crippen LogP contribution in [0.5, 0.6) is 0 Å². The van der Waals surface area contributed by atoms with Gasteiger partial charge in [0.15, 0.2) is 0 Å². The van der Waals surface area contributed by atoms with E-state index in [0.29, 0.717) is 23.9 Å². The summed E-state index contributed by atoms with van der Waals surface area (Å²) in [4.78, 5) is 0.427. The Balaban J connectivity index is 1.73. The lowest BCUT2D eigenvalue weighted by molar-refractivity contribution is 0.318. The summed E-state index contributed by atoms with van der Waals surface area (Å²) < 4.78 is 27.4. The number of sulfonamides is 1. The van der Waals surface area contributed by atoms with E-state index in [2.05, 4.69) is 17.1 Å². The third-order valence-corrected chi connectivity index (χ3v) is 7.83. The molecule has 2 heterocycles. The van der Waals surface area contributed by atoms with Crippen molar-refractivity contribution in [3.63, 3.8) is 0 Å². The van der Waals surface area contributed by atoms with Crippen molar-refractivity contribution in [2.24, 2.45) is 0 Å². The highest BCUT2D eigenvalue weighted by molar-refractivity contribution is 7.89. The average molecular weight is 366 g/mol. The average Bonchev–Trinajstić information content (AvgIpc) is 3.03. The third kappa shape index (κ3) is 3.38. The van der Waals surface area contributed by atoms with Gasteiger partial charge in [0.05, 0.1) is 4.90 Å². The van der Waals surface area contributed by atoms with Gasteiger partial charge in [-0.25, -0.2) is 8.42 Å². The van der Waals surface area contributed by atoms with Gasteiger partial charge in [-0.3, -0.25) is 0 Å². The number of aryl methyl sites for hydroxylation is 3. The zero-order chi connectivity index (χ0) is 17.3. The van der Waals surface area contributed by atoms with Crippen molar-refractivity contribution in [1.82, 2.24) is 14.5 Å². The fraction of sp³-hybridized carbons (Fsp3) is 0.529. The van der Waals surface area contributed by atoms with Crippen molar-refractivity contribution in [3.8, 4) is 0 Å². The van der Waals surface area contributed by atoms with E-state index in [1.165, 1.54) is 0 Å². The molecule has 7 heteroatoms. The lowest BCUT2D eigenvalue weighted by Gasteiger charge is -2.30. The molecule has 1 aliphatic rings. The molecule has 0 radical (unpaired) electrons. The fourth-order valence-corrected chi connectivity index (χ4v) is 5.77. The first kappa shape index (κ1) is 17.5. The van der Waals surface area contributed by atoms with Gasteiger partial charge >= 0.3 is 0 Å². The van der Waals surface area contributed by atoms with Gasteiger partial charge in [0.25, 0.3) is 0 Å². The van der Waals surface area contributed by atoms with Crippen LogP contribution < -0.4 is 0 Å². The molecule has 0 atom stereocenters. The molecular formula is C17H23N3O2S2. The van der Waals surface area contributed by atoms with Crippen LogP contribution in [0.1, 0.15) is 46.8 Å². The summed E-state index contributed by atoms with van der Waals surface area (Å²) in [6, 6.07) is 5.51. The zero-order valence-electron chi connectivity index (χ0n) is 14.3. The Hall–Kier alpha value is -1.31. The molecule has 0 aliphatic carbocycles. The number of rotatable bonds is 4. The van der Waals surface area contributed by atoms with Crippen LogP contribution in [-0.2, 0) is 16.4 Å². The second-order valence-corrected chi connectivity index (χ2v) is 9.33. The zero-order valence-corrected chi connectivity index (χ0v) is 16.0. The molecule has 0 N–H and O–H groups in total. The van der Waals surface area contributed by atoms with Crippen LogP contribution >= 0.6 is 11.3 Å². The molecule has 1 aromatic heterocycles. The van der Waals surface area contributed by atoms with Crippen LogP contribution in [0.4, 0.5) is 0 Å². The minimum atomic E-state index is -3.41. The monoisotopic (exact) mass is 365 g/mol. The van der Waals surface area contributed by atoms with Gasteiger partial charge in [-0.1, -0.05) is 24.6 Å². The van der Waals surface area contributed by atoms with Gasteiger partial charge in [-0.2, -0.15) is 4.31 Å². The minimum Gasteiger partial charge on any atom is -0.207 e. The van der Waals surface area contributed by atoms with E-state index >= 15 is 0 Å². The number of hydrogen-bond acceptors (Lipinski definition) is 5. The number of aromatic nitrogens is 2. The highest BCUT2D eigenvalue weighted by Crippen LogP contribution is 2.33. The third-order valence-electron chi connectivity index (χ3n) is 4.54. The summed E-state index contributed by atoms with van der Waals surface area (Å²) in [6.45, 7) is 6.99. The summed E-state index contributed by atoms with van der Waals surface area (Å²) in [5, 5.41) is 10.6. The van der Waals surface area contributed by atoms with E-state index in [1.807, 2.05) is 26.0 Å². The van der Waals surface area contributed by atoms with Crippen molar-refractivity contribution < 1.29 is 8.42 Å². The number of piperidine rings is 1. The fourth-order valence-electron chi connectivity index (χ4n) is 3.15. The molecule has 1 fully saturated rings. The van der Waals surface area contributed by atoms with E-state index in [0.717, 1.165) is 40.4 Å². The van der Waals surface area contributed by atoms with E-state index in [9.17, 15) is 8.42 Å². The van der Waals surface area contributed by atoms with Crippen LogP contribution in [0.2, 0.25) is 0 Å². The molecule has 1 saturated heterocycles. The van der Waals surface area contributed by atoms with Crippen LogP contribution in [-0.4, -0.2) is 36.0 Å². The van der Waals surface area contributed by atoms with Crippen molar-refractivity contribution in [2.45, 2.75) is 50.8 Å². The number of benzene rings is 1. The number of hydrogen-bond donors (Lipinski definition) is 0. The Labute approximate surface area is 147 Å². The van der Waals surface area contributed by atoms with Gasteiger partial charge in [0, 0.05) is 19.0 Å². The van der Waals surface area contributed by atoms with Crippen molar-refractivity contribution >= 4 is 21.4 Å². The highest BCUT2D eigenvalue weighted by Gasteiger charge is 2.32.